The molecule has 12 nitrogen and oxygen atoms in total. The van der Waals surface area contributed by atoms with Gasteiger partial charge in [0.2, 0.25) is 0 Å². The van der Waals surface area contributed by atoms with E-state index in [0.717, 1.165) is 0 Å². The largest absolute Gasteiger partial charge is 0.456 e. The number of fused-ring (bicyclic) bond motifs is 5. The highest BCUT2D eigenvalue weighted by Crippen LogP contribution is 2.63. The van der Waals surface area contributed by atoms with E-state index < -0.39 is 101 Å². The summed E-state index contributed by atoms with van der Waals surface area (Å²) in [4.78, 5) is 55.9. The normalized spacial score (nSPS) is 34.3. The van der Waals surface area contributed by atoms with Gasteiger partial charge in [-0.15, -0.1) is 0 Å². The van der Waals surface area contributed by atoms with Gasteiger partial charge in [0.1, 0.15) is 35.7 Å². The summed E-state index contributed by atoms with van der Waals surface area (Å²) in [5.41, 5.74) is -7.38. The standard InChI is InChI=1S/C43H46FNO11/c1-23-27(55-39(51)33(47)31(24-14-8-5-9-15-24)45-37(49)25-16-10-6-11-17-25)21-43(53)36(56-38(50)26-18-12-7-13-19-26)34-41(4,28(44)20-29-42(34,52)22-54-29)35(48)32(46)30(23)40(43,2)3/h5-19,27-29,31-34,36,46-47,52-53H,20-22H2,1-4H3,(H,45,49)/t27?,28?,29?,31?,32?,33?,34?,36?,41-,42+,43?/m1/s1. The van der Waals surface area contributed by atoms with Crippen molar-refractivity contribution >= 4 is 23.6 Å². The number of esters is 2. The first kappa shape index (κ1) is 39.4. The summed E-state index contributed by atoms with van der Waals surface area (Å²) in [5, 5.41) is 51.8. The van der Waals surface area contributed by atoms with E-state index >= 15 is 4.39 Å². The zero-order chi connectivity index (χ0) is 40.4. The first-order valence-electron chi connectivity index (χ1n) is 18.7. The zero-order valence-corrected chi connectivity index (χ0v) is 31.4. The van der Waals surface area contributed by atoms with Crippen molar-refractivity contribution in [2.75, 3.05) is 6.61 Å². The highest BCUT2D eigenvalue weighted by atomic mass is 19.1. The molecule has 13 heteroatoms. The van der Waals surface area contributed by atoms with Crippen molar-refractivity contribution in [3.05, 3.63) is 119 Å². The van der Waals surface area contributed by atoms with Gasteiger partial charge in [0.05, 0.1) is 29.7 Å². The van der Waals surface area contributed by atoms with Crippen molar-refractivity contribution in [1.82, 2.24) is 5.32 Å². The third-order valence-electron chi connectivity index (χ3n) is 12.9. The number of benzene rings is 3. The fourth-order valence-electron chi connectivity index (χ4n) is 9.50. The Hall–Kier alpha value is -4.79. The van der Waals surface area contributed by atoms with Gasteiger partial charge in [-0.2, -0.15) is 0 Å². The van der Waals surface area contributed by atoms with Crippen LogP contribution in [-0.4, -0.2) is 98.6 Å². The molecular weight excluding hydrogens is 725 g/mol. The average Bonchev–Trinajstić information content (AvgIpc) is 3.19. The van der Waals surface area contributed by atoms with E-state index in [2.05, 4.69) is 5.32 Å². The number of ketones is 1. The van der Waals surface area contributed by atoms with Crippen LogP contribution >= 0.6 is 0 Å². The maximum absolute atomic E-state index is 16.6. The highest BCUT2D eigenvalue weighted by Gasteiger charge is 2.76. The zero-order valence-electron chi connectivity index (χ0n) is 31.4. The molecule has 0 radical (unpaired) electrons. The minimum absolute atomic E-state index is 0.0726. The third-order valence-corrected chi connectivity index (χ3v) is 12.9. The van der Waals surface area contributed by atoms with Crippen LogP contribution in [0.5, 0.6) is 0 Å². The smallest absolute Gasteiger partial charge is 0.338 e. The van der Waals surface area contributed by atoms with Gasteiger partial charge >= 0.3 is 11.9 Å². The van der Waals surface area contributed by atoms with Crippen molar-refractivity contribution in [2.24, 2.45) is 16.7 Å². The predicted molar refractivity (Wildman–Crippen MR) is 197 cm³/mol. The summed E-state index contributed by atoms with van der Waals surface area (Å²) in [6.45, 7) is 5.44. The van der Waals surface area contributed by atoms with Gasteiger partial charge in [0, 0.05) is 29.7 Å². The minimum atomic E-state index is -2.36. The van der Waals surface area contributed by atoms with Crippen LogP contribution in [0.4, 0.5) is 4.39 Å². The lowest BCUT2D eigenvalue weighted by atomic mass is 9.45. The Balaban J connectivity index is 1.31. The van der Waals surface area contributed by atoms with E-state index in [1.807, 2.05) is 0 Å². The Bertz CT molecular complexity index is 2040. The Morgan fingerprint density at radius 1 is 0.893 bits per heavy atom. The summed E-state index contributed by atoms with van der Waals surface area (Å²) in [7, 11) is 0. The molecule has 3 aromatic rings. The fourth-order valence-corrected chi connectivity index (χ4v) is 9.50. The summed E-state index contributed by atoms with van der Waals surface area (Å²) < 4.78 is 34.3. The van der Waals surface area contributed by atoms with E-state index in [1.165, 1.54) is 39.8 Å². The Morgan fingerprint density at radius 3 is 2.04 bits per heavy atom. The number of amides is 1. The lowest BCUT2D eigenvalue weighted by molar-refractivity contribution is -0.338. The first-order chi connectivity index (χ1) is 26.5. The second-order valence-electron chi connectivity index (χ2n) is 16.2. The summed E-state index contributed by atoms with van der Waals surface area (Å²) in [5.74, 6) is -5.39. The second kappa shape index (κ2) is 14.3. The van der Waals surface area contributed by atoms with Crippen LogP contribution in [0.15, 0.2) is 102 Å². The summed E-state index contributed by atoms with van der Waals surface area (Å²) in [6.07, 6.45) is -11.4. The van der Waals surface area contributed by atoms with Gasteiger partial charge in [0.25, 0.3) is 5.91 Å². The van der Waals surface area contributed by atoms with Gasteiger partial charge in [-0.1, -0.05) is 80.6 Å². The fraction of sp³-hybridized carbons (Fsp3) is 0.442. The van der Waals surface area contributed by atoms with Crippen molar-refractivity contribution in [3.63, 3.8) is 0 Å². The molecule has 3 fully saturated rings. The van der Waals surface area contributed by atoms with Crippen LogP contribution < -0.4 is 5.32 Å². The van der Waals surface area contributed by atoms with E-state index in [0.29, 0.717) is 5.56 Å². The molecule has 5 N–H and O–H groups in total. The SMILES string of the molecule is CC1=C2C(O)C(=O)[C@]3(C)C(F)CC4OC[C@@]4(O)C3C(OC(=O)c3ccccc3)C(O)(CC1OC(=O)C(O)C(NC(=O)c1ccccc1)c1ccccc1)C2(C)C. The predicted octanol–water partition coefficient (Wildman–Crippen LogP) is 3.57. The van der Waals surface area contributed by atoms with E-state index in [4.69, 9.17) is 14.2 Å². The van der Waals surface area contributed by atoms with Crippen LogP contribution in [0, 0.1) is 16.7 Å². The van der Waals surface area contributed by atoms with Gasteiger partial charge in [0.15, 0.2) is 11.9 Å². The highest BCUT2D eigenvalue weighted by molar-refractivity contribution is 5.95. The van der Waals surface area contributed by atoms with Gasteiger partial charge in [-0.3, -0.25) is 9.59 Å². The number of aliphatic hydroxyl groups is 4. The molecule has 56 heavy (non-hydrogen) atoms. The van der Waals surface area contributed by atoms with Crippen LogP contribution in [0.2, 0.25) is 0 Å². The first-order valence-corrected chi connectivity index (χ1v) is 18.7. The summed E-state index contributed by atoms with van der Waals surface area (Å²) >= 11 is 0. The van der Waals surface area contributed by atoms with E-state index in [1.54, 1.807) is 78.9 Å². The molecule has 3 aromatic carbocycles. The number of nitrogens with one attached hydrogen (secondary N) is 1. The Labute approximate surface area is 323 Å². The van der Waals surface area contributed by atoms with Crippen LogP contribution in [0.3, 0.4) is 0 Å². The molecule has 9 unspecified atom stereocenters. The topological polar surface area (TPSA) is 189 Å². The van der Waals surface area contributed by atoms with Gasteiger partial charge in [-0.25, -0.2) is 14.0 Å². The number of hydrogen-bond acceptors (Lipinski definition) is 11. The van der Waals surface area contributed by atoms with Crippen molar-refractivity contribution < 1.29 is 58.2 Å². The van der Waals surface area contributed by atoms with Crippen LogP contribution in [-0.2, 0) is 23.8 Å². The monoisotopic (exact) mass is 771 g/mol. The molecule has 7 rings (SSSR count). The Kier molecular flexibility index (Phi) is 10.1. The number of aliphatic hydroxyl groups excluding tert-OH is 2. The lowest BCUT2D eigenvalue weighted by Gasteiger charge is -2.66. The Morgan fingerprint density at radius 2 is 1.46 bits per heavy atom. The molecule has 1 saturated heterocycles. The number of rotatable bonds is 8. The van der Waals surface area contributed by atoms with Crippen molar-refractivity contribution in [2.45, 2.75) is 94.5 Å². The molecule has 2 bridgehead atoms. The molecule has 0 aromatic heterocycles. The van der Waals surface area contributed by atoms with E-state index in [-0.39, 0.29) is 35.3 Å². The van der Waals surface area contributed by atoms with Gasteiger partial charge < -0.3 is 40.0 Å². The molecule has 1 heterocycles. The van der Waals surface area contributed by atoms with Crippen LogP contribution in [0.1, 0.15) is 72.9 Å². The minimum Gasteiger partial charge on any atom is -0.456 e. The second-order valence-corrected chi connectivity index (χ2v) is 16.2. The molecule has 11 atom stereocenters. The summed E-state index contributed by atoms with van der Waals surface area (Å²) in [6, 6.07) is 23.0. The molecule has 4 aliphatic rings. The maximum atomic E-state index is 16.6. The number of hydrogen-bond donors (Lipinski definition) is 5. The van der Waals surface area contributed by atoms with Gasteiger partial charge in [-0.05, 0) is 54.8 Å². The molecular formula is C43H46FNO11. The third kappa shape index (κ3) is 6.08. The number of carbonyl (C=O) groups excluding carboxylic acids is 4. The molecule has 0 spiro atoms. The molecule has 1 aliphatic heterocycles. The maximum Gasteiger partial charge on any atom is 0.338 e. The quantitative estimate of drug-likeness (QED) is 0.166. The lowest BCUT2D eigenvalue weighted by Crippen LogP contribution is -2.80. The number of Topliss-reactive ketones (excluding diaryl/α,β-unsaturated/α-hetero) is 1. The van der Waals surface area contributed by atoms with Crippen molar-refractivity contribution in [1.29, 1.82) is 0 Å². The number of carbonyl (C=O) groups is 4. The number of ether oxygens (including phenoxy) is 3. The van der Waals surface area contributed by atoms with Crippen LogP contribution in [0.25, 0.3) is 0 Å². The van der Waals surface area contributed by atoms with Crippen molar-refractivity contribution in [3.8, 4) is 0 Å². The van der Waals surface area contributed by atoms with E-state index in [9.17, 15) is 39.6 Å². The average molecular weight is 772 g/mol. The molecule has 1 amide bonds. The number of alkyl halides is 1. The molecule has 2 saturated carbocycles. The molecule has 296 valence electrons. The molecule has 3 aliphatic carbocycles. The number of halogens is 1.